The van der Waals surface area contributed by atoms with Gasteiger partial charge in [0, 0.05) is 11.8 Å². The smallest absolute Gasteiger partial charge is 0.326 e. The molecule has 0 rings (SSSR count). The number of carboxylic acid groups (broad SMARTS) is 1. The van der Waals surface area contributed by atoms with Crippen LogP contribution in [-0.2, 0) is 14.4 Å². The summed E-state index contributed by atoms with van der Waals surface area (Å²) in [5.74, 6) is -2.87. The maximum absolute atomic E-state index is 12.2. The summed E-state index contributed by atoms with van der Waals surface area (Å²) in [6.45, 7) is 7.08. The maximum Gasteiger partial charge on any atom is 0.326 e. The predicted octanol–water partition coefficient (Wildman–Crippen LogP) is 1.24. The minimum atomic E-state index is -1.15. The third-order valence-electron chi connectivity index (χ3n) is 2.99. The summed E-state index contributed by atoms with van der Waals surface area (Å²) in [5, 5.41) is 9.33. The topological polar surface area (TPSA) is 101 Å². The first-order chi connectivity index (χ1) is 9.23. The normalized spacial score (nSPS) is 12.6. The molecule has 0 radical (unpaired) electrons. The molecule has 0 spiro atoms. The van der Waals surface area contributed by atoms with Crippen molar-refractivity contribution in [2.24, 2.45) is 17.6 Å². The minimum Gasteiger partial charge on any atom is -0.480 e. The number of hydrogen-bond acceptors (Lipinski definition) is 4. The fourth-order valence-electron chi connectivity index (χ4n) is 1.82. The number of imide groups is 1. The third-order valence-corrected chi connectivity index (χ3v) is 2.99. The highest BCUT2D eigenvalue weighted by atomic mass is 16.4. The Morgan fingerprint density at radius 3 is 1.75 bits per heavy atom. The largest absolute Gasteiger partial charge is 0.480 e. The van der Waals surface area contributed by atoms with E-state index in [1.165, 1.54) is 0 Å². The number of carbonyl (C=O) groups excluding carboxylic acids is 2. The van der Waals surface area contributed by atoms with Crippen molar-refractivity contribution in [3.05, 3.63) is 0 Å². The Bertz CT molecular complexity index is 333. The summed E-state index contributed by atoms with van der Waals surface area (Å²) < 4.78 is 0. The molecule has 116 valence electrons. The van der Waals surface area contributed by atoms with Crippen LogP contribution in [-0.4, -0.2) is 40.4 Å². The average Bonchev–Trinajstić information content (AvgIpc) is 2.36. The Morgan fingerprint density at radius 1 is 1.00 bits per heavy atom. The number of rotatable bonds is 8. The molecule has 0 aliphatic heterocycles. The maximum atomic E-state index is 12.2. The summed E-state index contributed by atoms with van der Waals surface area (Å²) in [7, 11) is 0. The van der Waals surface area contributed by atoms with Gasteiger partial charge in [-0.15, -0.1) is 0 Å². The summed E-state index contributed by atoms with van der Waals surface area (Å²) in [5.41, 5.74) is 5.39. The molecule has 0 aliphatic rings. The van der Waals surface area contributed by atoms with Gasteiger partial charge >= 0.3 is 5.97 Å². The van der Waals surface area contributed by atoms with E-state index in [-0.39, 0.29) is 6.42 Å². The number of aliphatic carboxylic acids is 1. The Hall–Kier alpha value is -1.43. The van der Waals surface area contributed by atoms with Gasteiger partial charge in [-0.3, -0.25) is 14.5 Å². The van der Waals surface area contributed by atoms with Crippen LogP contribution < -0.4 is 5.73 Å². The van der Waals surface area contributed by atoms with Gasteiger partial charge in [0.15, 0.2) is 0 Å². The summed E-state index contributed by atoms with van der Waals surface area (Å²) in [6, 6.07) is -1.11. The molecule has 1 atom stereocenters. The molecule has 6 heteroatoms. The van der Waals surface area contributed by atoms with Gasteiger partial charge in [-0.25, -0.2) is 4.79 Å². The molecule has 0 aromatic heterocycles. The SMILES string of the molecule is CC(C)C(=O)N(C(=O)C(C)C)[C@@H](CCCCN)C(=O)O. The Kier molecular flexibility index (Phi) is 8.06. The van der Waals surface area contributed by atoms with Crippen molar-refractivity contribution >= 4 is 17.8 Å². The molecule has 0 unspecified atom stereocenters. The van der Waals surface area contributed by atoms with E-state index in [9.17, 15) is 19.5 Å². The first kappa shape index (κ1) is 18.6. The van der Waals surface area contributed by atoms with E-state index in [4.69, 9.17) is 5.73 Å². The van der Waals surface area contributed by atoms with Gasteiger partial charge in [0.25, 0.3) is 0 Å². The van der Waals surface area contributed by atoms with Gasteiger partial charge in [0.2, 0.25) is 11.8 Å². The van der Waals surface area contributed by atoms with Gasteiger partial charge < -0.3 is 10.8 Å². The second-order valence-electron chi connectivity index (χ2n) is 5.49. The van der Waals surface area contributed by atoms with Crippen LogP contribution in [0.25, 0.3) is 0 Å². The monoisotopic (exact) mass is 286 g/mol. The molecular weight excluding hydrogens is 260 g/mol. The third kappa shape index (κ3) is 5.28. The first-order valence-electron chi connectivity index (χ1n) is 7.03. The van der Waals surface area contributed by atoms with Gasteiger partial charge in [-0.2, -0.15) is 0 Å². The standard InChI is InChI=1S/C14H26N2O4/c1-9(2)12(17)16(13(18)10(3)4)11(14(19)20)7-5-6-8-15/h9-11H,5-8,15H2,1-4H3,(H,19,20)/t11-/m0/s1. The van der Waals surface area contributed by atoms with Crippen LogP contribution in [0.3, 0.4) is 0 Å². The van der Waals surface area contributed by atoms with Crippen LogP contribution in [0.4, 0.5) is 0 Å². The number of amides is 2. The van der Waals surface area contributed by atoms with Crippen LogP contribution in [0.15, 0.2) is 0 Å². The van der Waals surface area contributed by atoms with Crippen LogP contribution in [0.2, 0.25) is 0 Å². The number of carboxylic acids is 1. The fraction of sp³-hybridized carbons (Fsp3) is 0.786. The quantitative estimate of drug-likeness (QED) is 0.654. The van der Waals surface area contributed by atoms with E-state index in [1.54, 1.807) is 27.7 Å². The van der Waals surface area contributed by atoms with Crippen molar-refractivity contribution in [3.63, 3.8) is 0 Å². The summed E-state index contributed by atoms with van der Waals surface area (Å²) >= 11 is 0. The fourth-order valence-corrected chi connectivity index (χ4v) is 1.82. The molecular formula is C14H26N2O4. The zero-order valence-corrected chi connectivity index (χ0v) is 12.8. The van der Waals surface area contributed by atoms with E-state index < -0.39 is 35.7 Å². The molecule has 0 aliphatic carbocycles. The Labute approximate surface area is 120 Å². The van der Waals surface area contributed by atoms with Crippen LogP contribution >= 0.6 is 0 Å². The zero-order chi connectivity index (χ0) is 15.9. The molecule has 0 saturated carbocycles. The lowest BCUT2D eigenvalue weighted by Crippen LogP contribution is -2.51. The van der Waals surface area contributed by atoms with E-state index in [1.807, 2.05) is 0 Å². The molecule has 0 aromatic carbocycles. The van der Waals surface area contributed by atoms with E-state index in [2.05, 4.69) is 0 Å². The van der Waals surface area contributed by atoms with Gasteiger partial charge in [0.05, 0.1) is 0 Å². The van der Waals surface area contributed by atoms with Crippen molar-refractivity contribution in [2.75, 3.05) is 6.54 Å². The number of unbranched alkanes of at least 4 members (excludes halogenated alkanes) is 1. The number of hydrogen-bond donors (Lipinski definition) is 2. The minimum absolute atomic E-state index is 0.240. The van der Waals surface area contributed by atoms with Crippen molar-refractivity contribution in [1.82, 2.24) is 4.90 Å². The second kappa shape index (κ2) is 8.68. The van der Waals surface area contributed by atoms with Crippen LogP contribution in [0.1, 0.15) is 47.0 Å². The first-order valence-corrected chi connectivity index (χ1v) is 7.03. The highest BCUT2D eigenvalue weighted by Gasteiger charge is 2.36. The molecule has 6 nitrogen and oxygen atoms in total. The zero-order valence-electron chi connectivity index (χ0n) is 12.8. The van der Waals surface area contributed by atoms with Gasteiger partial charge in [-0.1, -0.05) is 27.7 Å². The van der Waals surface area contributed by atoms with Crippen molar-refractivity contribution in [1.29, 1.82) is 0 Å². The average molecular weight is 286 g/mol. The summed E-state index contributed by atoms with van der Waals surface area (Å²) in [4.78, 5) is 36.7. The number of nitrogens with two attached hydrogens (primary N) is 1. The van der Waals surface area contributed by atoms with Crippen molar-refractivity contribution < 1.29 is 19.5 Å². The van der Waals surface area contributed by atoms with Crippen molar-refractivity contribution in [2.45, 2.75) is 53.0 Å². The Morgan fingerprint density at radius 2 is 1.45 bits per heavy atom. The molecule has 0 fully saturated rings. The van der Waals surface area contributed by atoms with E-state index >= 15 is 0 Å². The van der Waals surface area contributed by atoms with Crippen molar-refractivity contribution in [3.8, 4) is 0 Å². The lowest BCUT2D eigenvalue weighted by atomic mass is 10.0. The van der Waals surface area contributed by atoms with Gasteiger partial charge in [0.1, 0.15) is 6.04 Å². The molecule has 0 aromatic rings. The van der Waals surface area contributed by atoms with Crippen LogP contribution in [0.5, 0.6) is 0 Å². The highest BCUT2D eigenvalue weighted by Crippen LogP contribution is 2.16. The Balaban J connectivity index is 5.26. The molecule has 2 amide bonds. The summed E-state index contributed by atoms with van der Waals surface area (Å²) in [6.07, 6.45) is 1.48. The van der Waals surface area contributed by atoms with E-state index in [0.717, 1.165) is 4.90 Å². The van der Waals surface area contributed by atoms with Gasteiger partial charge in [-0.05, 0) is 25.8 Å². The second-order valence-corrected chi connectivity index (χ2v) is 5.49. The van der Waals surface area contributed by atoms with E-state index in [0.29, 0.717) is 19.4 Å². The highest BCUT2D eigenvalue weighted by molar-refractivity contribution is 6.00. The number of nitrogens with zero attached hydrogens (tertiary/aromatic N) is 1. The molecule has 0 bridgehead atoms. The molecule has 0 heterocycles. The number of carbonyl (C=O) groups is 3. The predicted molar refractivity (Wildman–Crippen MR) is 75.9 cm³/mol. The molecule has 3 N–H and O–H groups in total. The lowest BCUT2D eigenvalue weighted by molar-refractivity contribution is -0.161. The van der Waals surface area contributed by atoms with Crippen LogP contribution in [0, 0.1) is 11.8 Å². The molecule has 0 saturated heterocycles. The molecule has 20 heavy (non-hydrogen) atoms. The lowest BCUT2D eigenvalue weighted by Gasteiger charge is -2.30.